The van der Waals surface area contributed by atoms with Crippen LogP contribution in [0.3, 0.4) is 0 Å². The van der Waals surface area contributed by atoms with Crippen molar-refractivity contribution in [2.24, 2.45) is 0 Å². The van der Waals surface area contributed by atoms with E-state index in [2.05, 4.69) is 16.1 Å². The summed E-state index contributed by atoms with van der Waals surface area (Å²) < 4.78 is 42.0. The van der Waals surface area contributed by atoms with Crippen LogP contribution in [0.1, 0.15) is 53.6 Å². The Morgan fingerprint density at radius 2 is 1.87 bits per heavy atom. The van der Waals surface area contributed by atoms with Crippen molar-refractivity contribution < 1.29 is 17.6 Å². The van der Waals surface area contributed by atoms with E-state index in [4.69, 9.17) is 0 Å². The normalized spacial score (nSPS) is 14.3. The third kappa shape index (κ3) is 5.55. The second-order valence-corrected chi connectivity index (χ2v) is 9.42. The molecule has 7 heteroatoms. The van der Waals surface area contributed by atoms with Gasteiger partial charge in [-0.05, 0) is 87.4 Å². The number of hydrogen-bond acceptors (Lipinski definition) is 3. The van der Waals surface area contributed by atoms with Gasteiger partial charge in [0.05, 0.1) is 10.5 Å². The van der Waals surface area contributed by atoms with E-state index in [0.29, 0.717) is 12.1 Å². The Hall–Kier alpha value is -2.51. The van der Waals surface area contributed by atoms with Gasteiger partial charge in [-0.25, -0.2) is 17.5 Å². The van der Waals surface area contributed by atoms with E-state index in [1.165, 1.54) is 18.1 Å². The zero-order valence-electron chi connectivity index (χ0n) is 17.3. The highest BCUT2D eigenvalue weighted by atomic mass is 32.2. The fourth-order valence-corrected chi connectivity index (χ4v) is 4.48. The van der Waals surface area contributed by atoms with Crippen LogP contribution in [-0.4, -0.2) is 20.9 Å². The predicted octanol–water partition coefficient (Wildman–Crippen LogP) is 4.86. The monoisotopic (exact) mass is 430 g/mol. The van der Waals surface area contributed by atoms with Crippen LogP contribution in [0.5, 0.6) is 0 Å². The summed E-state index contributed by atoms with van der Waals surface area (Å²) >= 11 is 0. The van der Waals surface area contributed by atoms with Crippen LogP contribution in [0.4, 0.5) is 10.1 Å². The van der Waals surface area contributed by atoms with Gasteiger partial charge in [0.25, 0.3) is 5.91 Å². The maximum absolute atomic E-state index is 14.3. The average Bonchev–Trinajstić information content (AvgIpc) is 2.71. The van der Waals surface area contributed by atoms with Gasteiger partial charge >= 0.3 is 0 Å². The molecule has 5 nitrogen and oxygen atoms in total. The first kappa shape index (κ1) is 22.2. The molecule has 3 rings (SSSR count). The number of aryl methyl sites for hydroxylation is 2. The number of halogens is 1. The third-order valence-electron chi connectivity index (χ3n) is 5.38. The van der Waals surface area contributed by atoms with Crippen LogP contribution >= 0.6 is 0 Å². The Kier molecular flexibility index (Phi) is 7.05. The van der Waals surface area contributed by atoms with Crippen LogP contribution in [-0.2, 0) is 10.0 Å². The minimum atomic E-state index is -3.84. The van der Waals surface area contributed by atoms with Gasteiger partial charge in [0, 0.05) is 12.2 Å². The Morgan fingerprint density at radius 1 is 1.07 bits per heavy atom. The molecule has 0 fully saturated rings. The Bertz CT molecular complexity index is 1080. The summed E-state index contributed by atoms with van der Waals surface area (Å²) in [7, 11) is -3.84. The number of nitrogens with one attached hydrogen (secondary N) is 2. The van der Waals surface area contributed by atoms with E-state index in [0.717, 1.165) is 42.5 Å². The molecular formula is C23H27FN2O3S. The molecule has 0 heterocycles. The molecule has 0 saturated heterocycles. The zero-order chi connectivity index (χ0) is 21.7. The molecule has 0 bridgehead atoms. The highest BCUT2D eigenvalue weighted by molar-refractivity contribution is 7.89. The molecule has 0 unspecified atom stereocenters. The largest absolute Gasteiger partial charge is 0.322 e. The molecule has 1 aliphatic rings. The number of amides is 1. The van der Waals surface area contributed by atoms with Gasteiger partial charge in [-0.15, -0.1) is 0 Å². The molecule has 0 aromatic heterocycles. The van der Waals surface area contributed by atoms with E-state index in [1.807, 2.05) is 19.9 Å². The Morgan fingerprint density at radius 3 is 2.57 bits per heavy atom. The molecule has 0 saturated carbocycles. The molecule has 2 aromatic rings. The van der Waals surface area contributed by atoms with Crippen molar-refractivity contribution in [3.8, 4) is 0 Å². The standard InChI is InChI=1S/C23H27FN2O3S/c1-16-8-9-19(14-17(16)2)26-23(27)21-15-20(10-11-22(21)24)30(28,29)25-13-12-18-6-4-3-5-7-18/h6,8-11,14-15,25H,3-5,7,12-13H2,1-2H3,(H,26,27). The molecule has 2 N–H and O–H groups in total. The third-order valence-corrected chi connectivity index (χ3v) is 6.84. The van der Waals surface area contributed by atoms with Crippen molar-refractivity contribution in [2.75, 3.05) is 11.9 Å². The Labute approximate surface area is 177 Å². The highest BCUT2D eigenvalue weighted by Crippen LogP contribution is 2.21. The molecule has 0 spiro atoms. The number of allylic oxidation sites excluding steroid dienone is 1. The van der Waals surface area contributed by atoms with Crippen LogP contribution < -0.4 is 10.0 Å². The average molecular weight is 431 g/mol. The number of benzene rings is 2. The molecule has 1 aliphatic carbocycles. The van der Waals surface area contributed by atoms with Crippen molar-refractivity contribution in [2.45, 2.75) is 50.8 Å². The molecule has 0 aliphatic heterocycles. The molecule has 0 atom stereocenters. The molecule has 30 heavy (non-hydrogen) atoms. The van der Waals surface area contributed by atoms with E-state index >= 15 is 0 Å². The number of carbonyl (C=O) groups is 1. The summed E-state index contributed by atoms with van der Waals surface area (Å²) in [6.45, 7) is 4.14. The fraction of sp³-hybridized carbons (Fsp3) is 0.348. The van der Waals surface area contributed by atoms with Gasteiger partial charge in [-0.1, -0.05) is 17.7 Å². The minimum absolute atomic E-state index is 0.133. The highest BCUT2D eigenvalue weighted by Gasteiger charge is 2.20. The summed E-state index contributed by atoms with van der Waals surface area (Å²) in [6, 6.07) is 8.62. The van der Waals surface area contributed by atoms with Gasteiger partial charge in [-0.2, -0.15) is 0 Å². The molecule has 2 aromatic carbocycles. The summed E-state index contributed by atoms with van der Waals surface area (Å²) in [6.07, 6.45) is 7.18. The van der Waals surface area contributed by atoms with Crippen molar-refractivity contribution in [3.63, 3.8) is 0 Å². The van der Waals surface area contributed by atoms with Gasteiger partial charge in [-0.3, -0.25) is 4.79 Å². The SMILES string of the molecule is Cc1ccc(NC(=O)c2cc(S(=O)(=O)NCCC3=CCCCC3)ccc2F)cc1C. The molecule has 1 amide bonds. The zero-order valence-corrected chi connectivity index (χ0v) is 18.1. The maximum Gasteiger partial charge on any atom is 0.258 e. The smallest absolute Gasteiger partial charge is 0.258 e. The summed E-state index contributed by atoms with van der Waals surface area (Å²) in [4.78, 5) is 12.4. The number of rotatable bonds is 7. The van der Waals surface area contributed by atoms with Crippen LogP contribution in [0.25, 0.3) is 0 Å². The predicted molar refractivity (Wildman–Crippen MR) is 117 cm³/mol. The second-order valence-electron chi connectivity index (χ2n) is 7.65. The lowest BCUT2D eigenvalue weighted by Gasteiger charge is -2.13. The summed E-state index contributed by atoms with van der Waals surface area (Å²) in [5, 5.41) is 2.63. The summed E-state index contributed by atoms with van der Waals surface area (Å²) in [5.74, 6) is -1.47. The fourth-order valence-electron chi connectivity index (χ4n) is 3.42. The van der Waals surface area contributed by atoms with Gasteiger partial charge < -0.3 is 5.32 Å². The van der Waals surface area contributed by atoms with E-state index in [1.54, 1.807) is 12.1 Å². The van der Waals surface area contributed by atoms with Crippen molar-refractivity contribution in [1.29, 1.82) is 0 Å². The quantitative estimate of drug-likeness (QED) is 0.616. The van der Waals surface area contributed by atoms with Crippen LogP contribution in [0, 0.1) is 19.7 Å². The lowest BCUT2D eigenvalue weighted by atomic mass is 9.97. The van der Waals surface area contributed by atoms with E-state index < -0.39 is 21.7 Å². The first-order chi connectivity index (χ1) is 14.3. The van der Waals surface area contributed by atoms with Crippen molar-refractivity contribution in [3.05, 3.63) is 70.6 Å². The number of hydrogen-bond donors (Lipinski definition) is 2. The number of carbonyl (C=O) groups excluding carboxylic acids is 1. The second kappa shape index (κ2) is 9.53. The minimum Gasteiger partial charge on any atom is -0.322 e. The van der Waals surface area contributed by atoms with Crippen molar-refractivity contribution >= 4 is 21.6 Å². The molecular weight excluding hydrogens is 403 g/mol. The van der Waals surface area contributed by atoms with E-state index in [9.17, 15) is 17.6 Å². The van der Waals surface area contributed by atoms with Gasteiger partial charge in [0.1, 0.15) is 5.82 Å². The maximum atomic E-state index is 14.3. The van der Waals surface area contributed by atoms with Gasteiger partial charge in [0.2, 0.25) is 10.0 Å². The van der Waals surface area contributed by atoms with E-state index in [-0.39, 0.29) is 17.0 Å². The summed E-state index contributed by atoms with van der Waals surface area (Å²) in [5.41, 5.74) is 3.53. The lowest BCUT2D eigenvalue weighted by molar-refractivity contribution is 0.102. The molecule has 160 valence electrons. The van der Waals surface area contributed by atoms with Crippen LogP contribution in [0.15, 0.2) is 52.9 Å². The van der Waals surface area contributed by atoms with Crippen LogP contribution in [0.2, 0.25) is 0 Å². The first-order valence-electron chi connectivity index (χ1n) is 10.1. The molecule has 0 radical (unpaired) electrons. The topological polar surface area (TPSA) is 75.3 Å². The first-order valence-corrected chi connectivity index (χ1v) is 11.6. The van der Waals surface area contributed by atoms with Crippen molar-refractivity contribution in [1.82, 2.24) is 4.72 Å². The Balaban J connectivity index is 1.72. The van der Waals surface area contributed by atoms with Gasteiger partial charge in [0.15, 0.2) is 0 Å². The lowest BCUT2D eigenvalue weighted by Crippen LogP contribution is -2.26. The number of anilines is 1. The number of sulfonamides is 1.